The Bertz CT molecular complexity index is 987. The molecule has 1 amide bonds. The number of para-hydroxylation sites is 1. The van der Waals surface area contributed by atoms with Crippen LogP contribution in [0.5, 0.6) is 0 Å². The van der Waals surface area contributed by atoms with Crippen molar-refractivity contribution in [2.45, 2.75) is 6.54 Å². The fourth-order valence-corrected chi connectivity index (χ4v) is 3.23. The van der Waals surface area contributed by atoms with E-state index in [0.717, 1.165) is 16.5 Å². The van der Waals surface area contributed by atoms with E-state index in [1.54, 1.807) is 23.9 Å². The molecule has 118 valence electrons. The number of nitrogens with one attached hydrogen (secondary N) is 1. The Morgan fingerprint density at radius 3 is 2.96 bits per heavy atom. The Morgan fingerprint density at radius 2 is 2.08 bits per heavy atom. The molecule has 0 fully saturated rings. The number of carbonyl (C=O) groups is 1. The lowest BCUT2D eigenvalue weighted by Crippen LogP contribution is -2.23. The zero-order valence-electron chi connectivity index (χ0n) is 12.6. The molecule has 0 aliphatic heterocycles. The van der Waals surface area contributed by atoms with Gasteiger partial charge in [0.1, 0.15) is 5.69 Å². The molecule has 4 rings (SSSR count). The molecule has 0 radical (unpaired) electrons. The number of furan rings is 1. The third kappa shape index (κ3) is 2.79. The van der Waals surface area contributed by atoms with Crippen molar-refractivity contribution < 1.29 is 9.21 Å². The number of aromatic nitrogens is 2. The van der Waals surface area contributed by atoms with E-state index in [0.29, 0.717) is 23.0 Å². The van der Waals surface area contributed by atoms with Crippen molar-refractivity contribution >= 4 is 28.1 Å². The van der Waals surface area contributed by atoms with Crippen LogP contribution in [0.25, 0.3) is 21.7 Å². The Balaban J connectivity index is 1.50. The fourth-order valence-electron chi connectivity index (χ4n) is 2.47. The molecular weight excluding hydrogens is 322 g/mol. The van der Waals surface area contributed by atoms with Crippen LogP contribution in [0.4, 0.5) is 0 Å². The molecule has 24 heavy (non-hydrogen) atoms. The first-order chi connectivity index (χ1) is 11.8. The summed E-state index contributed by atoms with van der Waals surface area (Å²) in [7, 11) is 0. The Hall–Kier alpha value is -2.99. The minimum Gasteiger partial charge on any atom is -0.462 e. The van der Waals surface area contributed by atoms with E-state index in [4.69, 9.17) is 4.42 Å². The number of benzene rings is 1. The fraction of sp³-hybridized carbons (Fsp3) is 0.0556. The van der Waals surface area contributed by atoms with Crippen molar-refractivity contribution in [1.29, 1.82) is 0 Å². The lowest BCUT2D eigenvalue weighted by molar-refractivity contribution is 0.0947. The van der Waals surface area contributed by atoms with E-state index < -0.39 is 0 Å². The summed E-state index contributed by atoms with van der Waals surface area (Å²) in [6.07, 6.45) is 3.34. The molecule has 0 spiro atoms. The molecule has 0 saturated heterocycles. The molecule has 4 aromatic rings. The number of thiazole rings is 1. The van der Waals surface area contributed by atoms with Gasteiger partial charge in [-0.05, 0) is 23.8 Å². The van der Waals surface area contributed by atoms with Gasteiger partial charge in [0.2, 0.25) is 0 Å². The van der Waals surface area contributed by atoms with E-state index in [1.165, 1.54) is 11.3 Å². The first-order valence-corrected chi connectivity index (χ1v) is 8.29. The third-order valence-corrected chi connectivity index (χ3v) is 4.48. The largest absolute Gasteiger partial charge is 0.462 e. The molecule has 0 bridgehead atoms. The lowest BCUT2D eigenvalue weighted by atomic mass is 10.1. The van der Waals surface area contributed by atoms with Crippen LogP contribution < -0.4 is 5.32 Å². The van der Waals surface area contributed by atoms with Gasteiger partial charge in [0.05, 0.1) is 11.8 Å². The average molecular weight is 335 g/mol. The van der Waals surface area contributed by atoms with Crippen molar-refractivity contribution in [1.82, 2.24) is 15.3 Å². The predicted molar refractivity (Wildman–Crippen MR) is 92.7 cm³/mol. The Kier molecular flexibility index (Phi) is 3.80. The number of hydrogen-bond donors (Lipinski definition) is 1. The number of pyridine rings is 1. The molecule has 1 aromatic carbocycles. The van der Waals surface area contributed by atoms with Gasteiger partial charge in [0.25, 0.3) is 5.91 Å². The molecule has 1 N–H and O–H groups in total. The standard InChI is InChI=1S/C18H13N3O2S/c22-17(14-11-24-18(21-14)15-7-3-9-23-15)20-10-13-5-1-4-12-6-2-8-19-16(12)13/h1-9,11H,10H2,(H,20,22). The minimum absolute atomic E-state index is 0.211. The van der Waals surface area contributed by atoms with Crippen molar-refractivity contribution in [3.05, 3.63) is 71.6 Å². The third-order valence-electron chi connectivity index (χ3n) is 3.62. The maximum Gasteiger partial charge on any atom is 0.271 e. The van der Waals surface area contributed by atoms with Crippen LogP contribution in [0.15, 0.2) is 64.7 Å². The van der Waals surface area contributed by atoms with Gasteiger partial charge in [-0.3, -0.25) is 9.78 Å². The quantitative estimate of drug-likeness (QED) is 0.614. The number of amides is 1. The summed E-state index contributed by atoms with van der Waals surface area (Å²) in [6, 6.07) is 13.4. The zero-order chi connectivity index (χ0) is 16.4. The Labute approximate surface area is 142 Å². The van der Waals surface area contributed by atoms with Crippen LogP contribution in [-0.2, 0) is 6.54 Å². The first kappa shape index (κ1) is 14.6. The summed E-state index contributed by atoms with van der Waals surface area (Å²) in [4.78, 5) is 21.0. The number of hydrogen-bond acceptors (Lipinski definition) is 5. The van der Waals surface area contributed by atoms with Crippen LogP contribution in [0.1, 0.15) is 16.1 Å². The molecule has 0 atom stereocenters. The summed E-state index contributed by atoms with van der Waals surface area (Å²) < 4.78 is 5.30. The van der Waals surface area contributed by atoms with E-state index in [-0.39, 0.29) is 5.91 Å². The SMILES string of the molecule is O=C(NCc1cccc2cccnc12)c1csc(-c2ccco2)n1. The minimum atomic E-state index is -0.211. The lowest BCUT2D eigenvalue weighted by Gasteiger charge is -2.06. The van der Waals surface area contributed by atoms with Gasteiger partial charge in [-0.2, -0.15) is 0 Å². The summed E-state index contributed by atoms with van der Waals surface area (Å²) in [6.45, 7) is 0.404. The average Bonchev–Trinajstić information content (AvgIpc) is 3.30. The van der Waals surface area contributed by atoms with E-state index in [9.17, 15) is 4.79 Å². The molecule has 0 saturated carbocycles. The molecule has 0 aliphatic rings. The zero-order valence-corrected chi connectivity index (χ0v) is 13.4. The van der Waals surface area contributed by atoms with Crippen LogP contribution in [-0.4, -0.2) is 15.9 Å². The maximum absolute atomic E-state index is 12.3. The normalized spacial score (nSPS) is 10.8. The van der Waals surface area contributed by atoms with E-state index in [1.807, 2.05) is 36.4 Å². The van der Waals surface area contributed by atoms with Crippen LogP contribution >= 0.6 is 11.3 Å². The van der Waals surface area contributed by atoms with Gasteiger partial charge < -0.3 is 9.73 Å². The van der Waals surface area contributed by atoms with Crippen molar-refractivity contribution in [2.24, 2.45) is 0 Å². The number of carbonyl (C=O) groups excluding carboxylic acids is 1. The molecule has 0 aliphatic carbocycles. The van der Waals surface area contributed by atoms with Gasteiger partial charge >= 0.3 is 0 Å². The van der Waals surface area contributed by atoms with E-state index >= 15 is 0 Å². The summed E-state index contributed by atoms with van der Waals surface area (Å²) in [5, 5.41) is 6.38. The van der Waals surface area contributed by atoms with Crippen LogP contribution in [0.2, 0.25) is 0 Å². The molecule has 3 aromatic heterocycles. The second-order valence-corrected chi connectivity index (χ2v) is 6.05. The molecule has 5 nitrogen and oxygen atoms in total. The van der Waals surface area contributed by atoms with E-state index in [2.05, 4.69) is 15.3 Å². The molecule has 3 heterocycles. The van der Waals surface area contributed by atoms with Gasteiger partial charge in [-0.25, -0.2) is 4.98 Å². The number of fused-ring (bicyclic) bond motifs is 1. The van der Waals surface area contributed by atoms with Gasteiger partial charge in [0.15, 0.2) is 10.8 Å². The number of nitrogens with zero attached hydrogens (tertiary/aromatic N) is 2. The highest BCUT2D eigenvalue weighted by molar-refractivity contribution is 7.13. The second-order valence-electron chi connectivity index (χ2n) is 5.19. The highest BCUT2D eigenvalue weighted by Crippen LogP contribution is 2.24. The van der Waals surface area contributed by atoms with Crippen LogP contribution in [0, 0.1) is 0 Å². The highest BCUT2D eigenvalue weighted by atomic mass is 32.1. The maximum atomic E-state index is 12.3. The molecule has 6 heteroatoms. The van der Waals surface area contributed by atoms with Crippen molar-refractivity contribution in [3.63, 3.8) is 0 Å². The number of rotatable bonds is 4. The van der Waals surface area contributed by atoms with Crippen molar-refractivity contribution in [2.75, 3.05) is 0 Å². The first-order valence-electron chi connectivity index (χ1n) is 7.41. The van der Waals surface area contributed by atoms with Gasteiger partial charge in [-0.15, -0.1) is 11.3 Å². The summed E-state index contributed by atoms with van der Waals surface area (Å²) in [5.41, 5.74) is 2.26. The topological polar surface area (TPSA) is 68.0 Å². The van der Waals surface area contributed by atoms with Gasteiger partial charge in [0, 0.05) is 23.5 Å². The summed E-state index contributed by atoms with van der Waals surface area (Å²) >= 11 is 1.38. The smallest absolute Gasteiger partial charge is 0.271 e. The second kappa shape index (κ2) is 6.25. The van der Waals surface area contributed by atoms with Crippen LogP contribution in [0.3, 0.4) is 0 Å². The monoisotopic (exact) mass is 335 g/mol. The highest BCUT2D eigenvalue weighted by Gasteiger charge is 2.13. The Morgan fingerprint density at radius 1 is 1.17 bits per heavy atom. The van der Waals surface area contributed by atoms with Crippen molar-refractivity contribution in [3.8, 4) is 10.8 Å². The molecule has 0 unspecified atom stereocenters. The summed E-state index contributed by atoms with van der Waals surface area (Å²) in [5.74, 6) is 0.453. The molecular formula is C18H13N3O2S. The van der Waals surface area contributed by atoms with Gasteiger partial charge in [-0.1, -0.05) is 24.3 Å². The predicted octanol–water partition coefficient (Wildman–Crippen LogP) is 3.88.